The van der Waals surface area contributed by atoms with Gasteiger partial charge in [-0.1, -0.05) is 0 Å². The largest absolute Gasteiger partial charge is 0.488 e. The minimum absolute atomic E-state index is 0.499. The van der Waals surface area contributed by atoms with Crippen LogP contribution in [0.25, 0.3) is 5.65 Å². The molecule has 2 N–H and O–H groups in total. The second kappa shape index (κ2) is 3.17. The topological polar surface area (TPSA) is 65.4 Å². The fourth-order valence-corrected chi connectivity index (χ4v) is 1.39. The van der Waals surface area contributed by atoms with Crippen molar-refractivity contribution in [1.82, 2.24) is 14.6 Å². The number of rotatable bonds is 2. The number of nitrogen functional groups attached to an aromatic ring is 1. The van der Waals surface area contributed by atoms with Crippen molar-refractivity contribution in [3.63, 3.8) is 0 Å². The average molecular weight is 192 g/mol. The van der Waals surface area contributed by atoms with E-state index in [0.29, 0.717) is 18.2 Å². The first-order valence-corrected chi connectivity index (χ1v) is 4.46. The Morgan fingerprint density at radius 3 is 3.07 bits per heavy atom. The molecule has 5 nitrogen and oxygen atoms in total. The number of nitrogens with zero attached hydrogens (tertiary/aromatic N) is 3. The Hall–Kier alpha value is -1.78. The first-order chi connectivity index (χ1) is 6.74. The van der Waals surface area contributed by atoms with E-state index >= 15 is 0 Å². The molecule has 2 rings (SSSR count). The Kier molecular flexibility index (Phi) is 1.99. The molecule has 0 radical (unpaired) electrons. The van der Waals surface area contributed by atoms with E-state index in [2.05, 4.69) is 10.1 Å². The molecular formula is C9H12N4O. The maximum Gasteiger partial charge on any atom is 0.182 e. The van der Waals surface area contributed by atoms with Crippen LogP contribution in [0.15, 0.2) is 12.3 Å². The van der Waals surface area contributed by atoms with Crippen LogP contribution < -0.4 is 10.5 Å². The number of nitrogens with two attached hydrogens (primary N) is 1. The lowest BCUT2D eigenvalue weighted by atomic mass is 10.4. The maximum absolute atomic E-state index is 5.89. The SMILES string of the molecule is CCOc1c(C)nc2ccnn2c1N. The molecule has 2 aromatic heterocycles. The molecule has 2 aromatic rings. The van der Waals surface area contributed by atoms with Gasteiger partial charge in [-0.3, -0.25) is 0 Å². The Labute approximate surface area is 81.5 Å². The minimum Gasteiger partial charge on any atom is -0.488 e. The number of ether oxygens (including phenoxy) is 1. The molecular weight excluding hydrogens is 180 g/mol. The summed E-state index contributed by atoms with van der Waals surface area (Å²) in [4.78, 5) is 4.31. The van der Waals surface area contributed by atoms with Gasteiger partial charge < -0.3 is 10.5 Å². The van der Waals surface area contributed by atoms with Crippen molar-refractivity contribution in [2.24, 2.45) is 0 Å². The summed E-state index contributed by atoms with van der Waals surface area (Å²) < 4.78 is 6.96. The first-order valence-electron chi connectivity index (χ1n) is 4.46. The Morgan fingerprint density at radius 2 is 2.36 bits per heavy atom. The average Bonchev–Trinajstić information content (AvgIpc) is 2.60. The van der Waals surface area contributed by atoms with Gasteiger partial charge in [-0.25, -0.2) is 4.98 Å². The number of aromatic nitrogens is 3. The summed E-state index contributed by atoms with van der Waals surface area (Å²) in [7, 11) is 0. The van der Waals surface area contributed by atoms with Crippen molar-refractivity contribution < 1.29 is 4.74 Å². The molecule has 0 fully saturated rings. The van der Waals surface area contributed by atoms with Gasteiger partial charge in [0.05, 0.1) is 18.5 Å². The van der Waals surface area contributed by atoms with E-state index in [1.807, 2.05) is 13.8 Å². The molecule has 0 atom stereocenters. The number of hydrogen-bond donors (Lipinski definition) is 1. The van der Waals surface area contributed by atoms with Gasteiger partial charge in [0.1, 0.15) is 0 Å². The fourth-order valence-electron chi connectivity index (χ4n) is 1.39. The quantitative estimate of drug-likeness (QED) is 0.771. The zero-order valence-electron chi connectivity index (χ0n) is 8.19. The van der Waals surface area contributed by atoms with Crippen molar-refractivity contribution in [3.05, 3.63) is 18.0 Å². The Bertz CT molecular complexity index is 463. The zero-order chi connectivity index (χ0) is 10.1. The molecule has 0 amide bonds. The lowest BCUT2D eigenvalue weighted by molar-refractivity contribution is 0.336. The zero-order valence-corrected chi connectivity index (χ0v) is 8.19. The summed E-state index contributed by atoms with van der Waals surface area (Å²) >= 11 is 0. The standard InChI is InChI=1S/C9H12N4O/c1-3-14-8-6(2)12-7-4-5-11-13(7)9(8)10/h4-5H,3,10H2,1-2H3. The molecule has 0 aromatic carbocycles. The summed E-state index contributed by atoms with van der Waals surface area (Å²) in [6.07, 6.45) is 1.66. The molecule has 0 saturated carbocycles. The predicted molar refractivity (Wildman–Crippen MR) is 53.3 cm³/mol. The third kappa shape index (κ3) is 1.17. The first kappa shape index (κ1) is 8.80. The van der Waals surface area contributed by atoms with Crippen molar-refractivity contribution in [3.8, 4) is 5.75 Å². The van der Waals surface area contributed by atoms with Crippen LogP contribution in [0, 0.1) is 6.92 Å². The van der Waals surface area contributed by atoms with Crippen molar-refractivity contribution >= 4 is 11.5 Å². The predicted octanol–water partition coefficient (Wildman–Crippen LogP) is 1.02. The van der Waals surface area contributed by atoms with Crippen LogP contribution in [0.5, 0.6) is 5.75 Å². The van der Waals surface area contributed by atoms with Gasteiger partial charge >= 0.3 is 0 Å². The van der Waals surface area contributed by atoms with E-state index in [4.69, 9.17) is 10.5 Å². The van der Waals surface area contributed by atoms with Crippen LogP contribution in [-0.2, 0) is 0 Å². The fraction of sp³-hybridized carbons (Fsp3) is 0.333. The van der Waals surface area contributed by atoms with Gasteiger partial charge in [0.2, 0.25) is 0 Å². The van der Waals surface area contributed by atoms with Gasteiger partial charge in [-0.2, -0.15) is 9.61 Å². The van der Waals surface area contributed by atoms with Gasteiger partial charge in [-0.15, -0.1) is 0 Å². The second-order valence-electron chi connectivity index (χ2n) is 2.95. The van der Waals surface area contributed by atoms with E-state index in [9.17, 15) is 0 Å². The highest BCUT2D eigenvalue weighted by molar-refractivity contribution is 5.56. The molecule has 0 aliphatic heterocycles. The monoisotopic (exact) mass is 192 g/mol. The summed E-state index contributed by atoms with van der Waals surface area (Å²) in [5.41, 5.74) is 7.41. The normalized spacial score (nSPS) is 10.7. The second-order valence-corrected chi connectivity index (χ2v) is 2.95. The number of anilines is 1. The molecule has 0 bridgehead atoms. The maximum atomic E-state index is 5.89. The summed E-state index contributed by atoms with van der Waals surface area (Å²) in [5, 5.41) is 4.05. The van der Waals surface area contributed by atoms with E-state index in [1.54, 1.807) is 16.8 Å². The van der Waals surface area contributed by atoms with Crippen molar-refractivity contribution in [1.29, 1.82) is 0 Å². The lowest BCUT2D eigenvalue weighted by Crippen LogP contribution is -2.07. The van der Waals surface area contributed by atoms with E-state index in [1.165, 1.54) is 0 Å². The number of aryl methyl sites for hydroxylation is 1. The van der Waals surface area contributed by atoms with Gasteiger partial charge in [0.15, 0.2) is 17.2 Å². The molecule has 0 saturated heterocycles. The molecule has 0 aliphatic rings. The van der Waals surface area contributed by atoms with Crippen LogP contribution in [0.3, 0.4) is 0 Å². The van der Waals surface area contributed by atoms with Gasteiger partial charge in [0.25, 0.3) is 0 Å². The van der Waals surface area contributed by atoms with E-state index < -0.39 is 0 Å². The highest BCUT2D eigenvalue weighted by Crippen LogP contribution is 2.24. The van der Waals surface area contributed by atoms with Crippen LogP contribution in [0.2, 0.25) is 0 Å². The molecule has 0 unspecified atom stereocenters. The third-order valence-electron chi connectivity index (χ3n) is 1.98. The van der Waals surface area contributed by atoms with Crippen LogP contribution in [0.1, 0.15) is 12.6 Å². The van der Waals surface area contributed by atoms with E-state index in [0.717, 1.165) is 11.3 Å². The van der Waals surface area contributed by atoms with Crippen molar-refractivity contribution in [2.75, 3.05) is 12.3 Å². The highest BCUT2D eigenvalue weighted by Gasteiger charge is 2.10. The van der Waals surface area contributed by atoms with Crippen LogP contribution in [-0.4, -0.2) is 21.2 Å². The summed E-state index contributed by atoms with van der Waals surface area (Å²) in [6, 6.07) is 1.80. The third-order valence-corrected chi connectivity index (χ3v) is 1.98. The Balaban J connectivity index is 2.69. The number of hydrogen-bond acceptors (Lipinski definition) is 4. The van der Waals surface area contributed by atoms with E-state index in [-0.39, 0.29) is 0 Å². The minimum atomic E-state index is 0.499. The Morgan fingerprint density at radius 1 is 1.57 bits per heavy atom. The van der Waals surface area contributed by atoms with Crippen molar-refractivity contribution in [2.45, 2.75) is 13.8 Å². The van der Waals surface area contributed by atoms with Crippen LogP contribution >= 0.6 is 0 Å². The van der Waals surface area contributed by atoms with Gasteiger partial charge in [0, 0.05) is 6.07 Å². The molecule has 2 heterocycles. The molecule has 14 heavy (non-hydrogen) atoms. The summed E-state index contributed by atoms with van der Waals surface area (Å²) in [6.45, 7) is 4.35. The number of fused-ring (bicyclic) bond motifs is 1. The molecule has 0 aliphatic carbocycles. The summed E-state index contributed by atoms with van der Waals surface area (Å²) in [5.74, 6) is 1.11. The van der Waals surface area contributed by atoms with Gasteiger partial charge in [-0.05, 0) is 13.8 Å². The van der Waals surface area contributed by atoms with Crippen LogP contribution in [0.4, 0.5) is 5.82 Å². The highest BCUT2D eigenvalue weighted by atomic mass is 16.5. The molecule has 74 valence electrons. The molecule has 0 spiro atoms. The smallest absolute Gasteiger partial charge is 0.182 e. The molecule has 5 heteroatoms. The lowest BCUT2D eigenvalue weighted by Gasteiger charge is -2.10.